The topological polar surface area (TPSA) is 174 Å². The third-order valence-corrected chi connectivity index (χ3v) is 5.82. The first-order valence-corrected chi connectivity index (χ1v) is 9.66. The number of esters is 1. The SMILES string of the molecule is CC(=O)OCC1=C(C(=O)O)N2C(=O)[C@H](NC(=O)Cn3cc([N+](=O)[O-])nc3C)[C@@H]2SC1. The number of aliphatic carboxylic acids is 1. The number of carbonyl (C=O) groups is 4. The van der Waals surface area contributed by atoms with Crippen molar-refractivity contribution in [3.05, 3.63) is 33.4 Å². The number of carboxylic acids is 1. The molecule has 0 radical (unpaired) electrons. The Labute approximate surface area is 173 Å². The normalized spacial score (nSPS) is 20.3. The molecule has 3 rings (SSSR count). The van der Waals surface area contributed by atoms with E-state index in [1.807, 2.05) is 0 Å². The monoisotopic (exact) mass is 439 g/mol. The molecule has 2 amide bonds. The summed E-state index contributed by atoms with van der Waals surface area (Å²) >= 11 is 1.23. The van der Waals surface area contributed by atoms with E-state index in [0.29, 0.717) is 5.57 Å². The second-order valence-corrected chi connectivity index (χ2v) is 7.63. The number of fused-ring (bicyclic) bond motifs is 1. The van der Waals surface area contributed by atoms with Gasteiger partial charge >= 0.3 is 17.8 Å². The van der Waals surface area contributed by atoms with Crippen LogP contribution in [0.5, 0.6) is 0 Å². The summed E-state index contributed by atoms with van der Waals surface area (Å²) in [6, 6.07) is -0.939. The lowest BCUT2D eigenvalue weighted by Gasteiger charge is -2.49. The Hall–Kier alpha value is -3.42. The van der Waals surface area contributed by atoms with Crippen LogP contribution in [-0.2, 0) is 30.5 Å². The number of carboxylic acid groups (broad SMARTS) is 1. The van der Waals surface area contributed by atoms with Gasteiger partial charge in [0.1, 0.15) is 36.5 Å². The fourth-order valence-corrected chi connectivity index (χ4v) is 4.42. The molecule has 1 fully saturated rings. The van der Waals surface area contributed by atoms with Crippen molar-refractivity contribution in [2.45, 2.75) is 31.8 Å². The number of imidazole rings is 1. The van der Waals surface area contributed by atoms with Crippen LogP contribution in [0.15, 0.2) is 17.5 Å². The molecule has 2 aliphatic heterocycles. The maximum atomic E-state index is 12.5. The van der Waals surface area contributed by atoms with Gasteiger partial charge < -0.3 is 25.3 Å². The van der Waals surface area contributed by atoms with Crippen LogP contribution in [0.25, 0.3) is 0 Å². The van der Waals surface area contributed by atoms with E-state index in [1.54, 1.807) is 0 Å². The van der Waals surface area contributed by atoms with Crippen molar-refractivity contribution in [2.75, 3.05) is 12.4 Å². The van der Waals surface area contributed by atoms with E-state index in [1.165, 1.54) is 30.2 Å². The molecule has 2 atom stereocenters. The van der Waals surface area contributed by atoms with Gasteiger partial charge in [0.05, 0.1) is 0 Å². The van der Waals surface area contributed by atoms with Crippen molar-refractivity contribution in [3.63, 3.8) is 0 Å². The second kappa shape index (κ2) is 8.14. The van der Waals surface area contributed by atoms with Crippen LogP contribution in [0.2, 0.25) is 0 Å². The average molecular weight is 439 g/mol. The number of hydrogen-bond donors (Lipinski definition) is 2. The molecule has 1 aromatic heterocycles. The van der Waals surface area contributed by atoms with Gasteiger partial charge in [0.2, 0.25) is 11.7 Å². The molecule has 1 saturated heterocycles. The number of nitrogens with zero attached hydrogens (tertiary/aromatic N) is 4. The highest BCUT2D eigenvalue weighted by atomic mass is 32.2. The Kier molecular flexibility index (Phi) is 5.78. The maximum Gasteiger partial charge on any atom is 0.381 e. The van der Waals surface area contributed by atoms with Crippen LogP contribution in [0.4, 0.5) is 5.82 Å². The summed E-state index contributed by atoms with van der Waals surface area (Å²) in [5, 5.41) is 22.2. The molecule has 0 aliphatic carbocycles. The van der Waals surface area contributed by atoms with Crippen molar-refractivity contribution >= 4 is 41.3 Å². The molecule has 0 spiro atoms. The van der Waals surface area contributed by atoms with E-state index in [9.17, 15) is 34.4 Å². The maximum absolute atomic E-state index is 12.5. The molecule has 13 nitrogen and oxygen atoms in total. The van der Waals surface area contributed by atoms with E-state index in [4.69, 9.17) is 4.74 Å². The number of β-lactam (4-membered cyclic amide) rings is 1. The van der Waals surface area contributed by atoms with Gasteiger partial charge in [-0.3, -0.25) is 23.9 Å². The lowest BCUT2D eigenvalue weighted by atomic mass is 10.0. The lowest BCUT2D eigenvalue weighted by Crippen LogP contribution is -2.70. The number of thioether (sulfide) groups is 1. The van der Waals surface area contributed by atoms with Gasteiger partial charge in [-0.25, -0.2) is 4.79 Å². The third-order valence-electron chi connectivity index (χ3n) is 4.48. The fraction of sp³-hybridized carbons (Fsp3) is 0.438. The number of ether oxygens (including phenoxy) is 1. The zero-order chi connectivity index (χ0) is 22.2. The first kappa shape index (κ1) is 21.3. The van der Waals surface area contributed by atoms with Gasteiger partial charge in [0.15, 0.2) is 0 Å². The summed E-state index contributed by atoms with van der Waals surface area (Å²) in [6.45, 7) is 2.17. The van der Waals surface area contributed by atoms with E-state index in [-0.39, 0.29) is 30.4 Å². The van der Waals surface area contributed by atoms with Crippen molar-refractivity contribution in [3.8, 4) is 0 Å². The summed E-state index contributed by atoms with van der Waals surface area (Å²) in [7, 11) is 0. The van der Waals surface area contributed by atoms with Gasteiger partial charge in [-0.2, -0.15) is 0 Å². The average Bonchev–Trinajstić information content (AvgIpc) is 3.04. The van der Waals surface area contributed by atoms with Crippen LogP contribution in [0.3, 0.4) is 0 Å². The van der Waals surface area contributed by atoms with Crippen molar-refractivity contribution in [1.29, 1.82) is 0 Å². The summed E-state index contributed by atoms with van der Waals surface area (Å²) in [6.07, 6.45) is 1.12. The minimum Gasteiger partial charge on any atom is -0.477 e. The molecule has 14 heteroatoms. The smallest absolute Gasteiger partial charge is 0.381 e. The molecule has 3 heterocycles. The van der Waals surface area contributed by atoms with Crippen LogP contribution in [0.1, 0.15) is 12.7 Å². The van der Waals surface area contributed by atoms with Crippen molar-refractivity contribution < 1.29 is 33.9 Å². The number of nitro groups is 1. The number of carbonyl (C=O) groups excluding carboxylic acids is 3. The standard InChI is InChI=1S/C16H17N5O8S/c1-7-17-10(21(27)28)3-19(7)4-11(23)18-12-14(24)20-13(16(25)26)9(5-29-8(2)22)6-30-15(12)20/h3,12,15H,4-6H2,1-2H3,(H,18,23)(H,25,26)/t12-,15-/m0/s1. The molecule has 2 aliphatic rings. The van der Waals surface area contributed by atoms with Gasteiger partial charge in [-0.15, -0.1) is 11.8 Å². The summed E-state index contributed by atoms with van der Waals surface area (Å²) < 4.78 is 6.13. The Morgan fingerprint density at radius 3 is 2.73 bits per heavy atom. The molecular weight excluding hydrogens is 422 g/mol. The van der Waals surface area contributed by atoms with Crippen LogP contribution in [0, 0.1) is 17.0 Å². The Bertz CT molecular complexity index is 986. The molecule has 2 N–H and O–H groups in total. The third kappa shape index (κ3) is 3.98. The highest BCUT2D eigenvalue weighted by molar-refractivity contribution is 8.00. The van der Waals surface area contributed by atoms with Gasteiger partial charge in [-0.1, -0.05) is 0 Å². The Morgan fingerprint density at radius 2 is 2.17 bits per heavy atom. The van der Waals surface area contributed by atoms with Gasteiger partial charge in [0.25, 0.3) is 5.91 Å². The van der Waals surface area contributed by atoms with E-state index >= 15 is 0 Å². The Morgan fingerprint density at radius 1 is 1.47 bits per heavy atom. The largest absolute Gasteiger partial charge is 0.477 e. The zero-order valence-corrected chi connectivity index (χ0v) is 16.7. The van der Waals surface area contributed by atoms with Crippen LogP contribution < -0.4 is 5.32 Å². The van der Waals surface area contributed by atoms with E-state index in [0.717, 1.165) is 11.1 Å². The number of aromatic nitrogens is 2. The van der Waals surface area contributed by atoms with Gasteiger partial charge in [0, 0.05) is 25.2 Å². The fourth-order valence-electron chi connectivity index (χ4n) is 3.10. The zero-order valence-electron chi connectivity index (χ0n) is 15.9. The quantitative estimate of drug-likeness (QED) is 0.242. The number of rotatable bonds is 7. The molecule has 0 saturated carbocycles. The van der Waals surface area contributed by atoms with Crippen molar-refractivity contribution in [2.24, 2.45) is 0 Å². The molecule has 1 aromatic rings. The number of hydrogen-bond acceptors (Lipinski definition) is 9. The second-order valence-electron chi connectivity index (χ2n) is 6.52. The van der Waals surface area contributed by atoms with Crippen molar-refractivity contribution in [1.82, 2.24) is 19.8 Å². The number of nitrogens with one attached hydrogen (secondary N) is 1. The van der Waals surface area contributed by atoms with E-state index < -0.39 is 45.9 Å². The molecule has 30 heavy (non-hydrogen) atoms. The first-order chi connectivity index (χ1) is 14.1. The van der Waals surface area contributed by atoms with E-state index in [2.05, 4.69) is 10.3 Å². The summed E-state index contributed by atoms with van der Waals surface area (Å²) in [5.74, 6) is -3.01. The highest BCUT2D eigenvalue weighted by Crippen LogP contribution is 2.40. The van der Waals surface area contributed by atoms with Gasteiger partial charge in [-0.05, 0) is 9.91 Å². The molecule has 0 aromatic carbocycles. The Balaban J connectivity index is 1.69. The lowest BCUT2D eigenvalue weighted by molar-refractivity contribution is -0.389. The van der Waals surface area contributed by atoms with Crippen LogP contribution in [-0.4, -0.2) is 72.0 Å². The number of amides is 2. The molecule has 160 valence electrons. The predicted octanol–water partition coefficient (Wildman–Crippen LogP) is -0.599. The molecular formula is C16H17N5O8S. The van der Waals surface area contributed by atoms with Crippen LogP contribution >= 0.6 is 11.8 Å². The molecule has 0 bridgehead atoms. The highest BCUT2D eigenvalue weighted by Gasteiger charge is 2.54. The molecule has 0 unspecified atom stereocenters. The minimum atomic E-state index is -1.33. The minimum absolute atomic E-state index is 0.211. The summed E-state index contributed by atoms with van der Waals surface area (Å²) in [5.41, 5.74) is 0.0370. The first-order valence-electron chi connectivity index (χ1n) is 8.61. The summed E-state index contributed by atoms with van der Waals surface area (Å²) in [4.78, 5) is 62.4. The number of aryl methyl sites for hydroxylation is 1. The predicted molar refractivity (Wildman–Crippen MR) is 99.9 cm³/mol.